The summed E-state index contributed by atoms with van der Waals surface area (Å²) in [4.78, 5) is 16.8. The lowest BCUT2D eigenvalue weighted by Gasteiger charge is -2.02. The Morgan fingerprint density at radius 1 is 1.32 bits per heavy atom. The minimum absolute atomic E-state index is 0.378. The zero-order valence-electron chi connectivity index (χ0n) is 10.5. The maximum atomic E-state index is 11.1. The molecule has 1 atom stereocenters. The summed E-state index contributed by atoms with van der Waals surface area (Å²) in [6.45, 7) is 0. The van der Waals surface area contributed by atoms with E-state index >= 15 is 0 Å². The quantitative estimate of drug-likeness (QED) is 0.931. The minimum atomic E-state index is -0.737. The zero-order valence-corrected chi connectivity index (χ0v) is 11.3. The second-order valence-corrected chi connectivity index (χ2v) is 6.00. The molecule has 2 aromatic rings. The molecule has 0 saturated heterocycles. The van der Waals surface area contributed by atoms with E-state index < -0.39 is 5.97 Å². The van der Waals surface area contributed by atoms with Crippen molar-refractivity contribution in [1.29, 1.82) is 0 Å². The third kappa shape index (κ3) is 2.54. The molecule has 3 nitrogen and oxygen atoms in total. The lowest BCUT2D eigenvalue weighted by atomic mass is 10.1. The van der Waals surface area contributed by atoms with Crippen molar-refractivity contribution in [3.63, 3.8) is 0 Å². The molecule has 1 heterocycles. The van der Waals surface area contributed by atoms with Crippen molar-refractivity contribution >= 4 is 17.3 Å². The number of thiazole rings is 1. The number of carboxylic acid groups (broad SMARTS) is 1. The van der Waals surface area contributed by atoms with Crippen LogP contribution >= 0.6 is 11.3 Å². The topological polar surface area (TPSA) is 50.2 Å². The van der Waals surface area contributed by atoms with Crippen LogP contribution in [0.4, 0.5) is 0 Å². The Hall–Kier alpha value is -1.68. The van der Waals surface area contributed by atoms with Gasteiger partial charge in [0.2, 0.25) is 0 Å². The molecule has 1 unspecified atom stereocenters. The average Bonchev–Trinajstić information content (AvgIpc) is 2.96. The van der Waals surface area contributed by atoms with E-state index in [2.05, 4.69) is 17.1 Å². The van der Waals surface area contributed by atoms with Gasteiger partial charge in [0, 0.05) is 11.3 Å². The van der Waals surface area contributed by atoms with Crippen LogP contribution < -0.4 is 0 Å². The van der Waals surface area contributed by atoms with Gasteiger partial charge in [-0.2, -0.15) is 0 Å². The smallest absolute Gasteiger partial charge is 0.312 e. The van der Waals surface area contributed by atoms with Crippen LogP contribution in [0.25, 0.3) is 0 Å². The van der Waals surface area contributed by atoms with E-state index in [0.29, 0.717) is 6.42 Å². The number of carbonyl (C=O) groups is 1. The number of aliphatic carboxylic acids is 1. The lowest BCUT2D eigenvalue weighted by Crippen LogP contribution is -2.08. The van der Waals surface area contributed by atoms with E-state index in [1.807, 2.05) is 18.2 Å². The van der Waals surface area contributed by atoms with E-state index in [-0.39, 0.29) is 5.92 Å². The number of benzene rings is 1. The fraction of sp³-hybridized carbons (Fsp3) is 0.333. The Morgan fingerprint density at radius 3 is 2.84 bits per heavy atom. The molecule has 4 heteroatoms. The summed E-state index contributed by atoms with van der Waals surface area (Å²) >= 11 is 1.69. The highest BCUT2D eigenvalue weighted by molar-refractivity contribution is 7.11. The molecule has 1 aromatic carbocycles. The van der Waals surface area contributed by atoms with Gasteiger partial charge in [-0.05, 0) is 24.8 Å². The van der Waals surface area contributed by atoms with Crippen molar-refractivity contribution < 1.29 is 9.90 Å². The number of hydrogen-bond acceptors (Lipinski definition) is 3. The Morgan fingerprint density at radius 2 is 2.11 bits per heavy atom. The number of aromatic nitrogens is 1. The second-order valence-electron chi connectivity index (χ2n) is 4.83. The Bertz CT molecular complexity index is 591. The Kier molecular flexibility index (Phi) is 3.34. The van der Waals surface area contributed by atoms with Crippen LogP contribution in [-0.4, -0.2) is 16.1 Å². The number of aryl methyl sites for hydroxylation is 3. The van der Waals surface area contributed by atoms with Crippen molar-refractivity contribution in [3.8, 4) is 0 Å². The summed E-state index contributed by atoms with van der Waals surface area (Å²) in [7, 11) is 0. The summed E-state index contributed by atoms with van der Waals surface area (Å²) in [5, 5.41) is 10.2. The van der Waals surface area contributed by atoms with E-state index in [0.717, 1.165) is 30.0 Å². The van der Waals surface area contributed by atoms with Crippen molar-refractivity contribution in [1.82, 2.24) is 4.98 Å². The highest BCUT2D eigenvalue weighted by Gasteiger charge is 2.32. The fourth-order valence-corrected chi connectivity index (χ4v) is 3.67. The van der Waals surface area contributed by atoms with Gasteiger partial charge in [0.1, 0.15) is 5.92 Å². The molecular formula is C15H15NO2S. The number of nitrogens with zero attached hydrogens (tertiary/aromatic N) is 1. The largest absolute Gasteiger partial charge is 0.481 e. The van der Waals surface area contributed by atoms with Gasteiger partial charge in [-0.1, -0.05) is 30.3 Å². The molecular weight excluding hydrogens is 258 g/mol. The average molecular weight is 273 g/mol. The number of carboxylic acids is 1. The van der Waals surface area contributed by atoms with Gasteiger partial charge in [0.05, 0.1) is 10.7 Å². The lowest BCUT2D eigenvalue weighted by molar-refractivity contribution is -0.138. The zero-order chi connectivity index (χ0) is 13.2. The van der Waals surface area contributed by atoms with E-state index in [4.69, 9.17) is 5.11 Å². The van der Waals surface area contributed by atoms with Gasteiger partial charge < -0.3 is 5.11 Å². The molecule has 3 rings (SSSR count). The highest BCUT2D eigenvalue weighted by atomic mass is 32.1. The monoisotopic (exact) mass is 273 g/mol. The summed E-state index contributed by atoms with van der Waals surface area (Å²) in [6, 6.07) is 10.3. The van der Waals surface area contributed by atoms with Gasteiger partial charge in [0.15, 0.2) is 0 Å². The van der Waals surface area contributed by atoms with Crippen LogP contribution in [0.3, 0.4) is 0 Å². The van der Waals surface area contributed by atoms with Crippen LogP contribution in [0.1, 0.15) is 33.5 Å². The SMILES string of the molecule is O=C(O)C1CCc2sc(CCc3ccccc3)nc21. The molecule has 0 aliphatic heterocycles. The summed E-state index contributed by atoms with van der Waals surface area (Å²) < 4.78 is 0. The minimum Gasteiger partial charge on any atom is -0.481 e. The van der Waals surface area contributed by atoms with Gasteiger partial charge in [-0.3, -0.25) is 4.79 Å². The predicted molar refractivity (Wildman–Crippen MR) is 74.7 cm³/mol. The first-order valence-electron chi connectivity index (χ1n) is 6.49. The summed E-state index contributed by atoms with van der Waals surface area (Å²) in [6.07, 6.45) is 3.44. The molecule has 1 aromatic heterocycles. The summed E-state index contributed by atoms with van der Waals surface area (Å²) in [5.74, 6) is -1.12. The van der Waals surface area contributed by atoms with Crippen LogP contribution in [0.5, 0.6) is 0 Å². The molecule has 0 saturated carbocycles. The molecule has 19 heavy (non-hydrogen) atoms. The van der Waals surface area contributed by atoms with Gasteiger partial charge >= 0.3 is 5.97 Å². The van der Waals surface area contributed by atoms with Gasteiger partial charge in [-0.15, -0.1) is 11.3 Å². The maximum absolute atomic E-state index is 11.1. The predicted octanol–water partition coefficient (Wildman–Crippen LogP) is 3.04. The fourth-order valence-electron chi connectivity index (χ4n) is 2.52. The first-order valence-corrected chi connectivity index (χ1v) is 7.31. The van der Waals surface area contributed by atoms with Crippen molar-refractivity contribution in [2.24, 2.45) is 0 Å². The van der Waals surface area contributed by atoms with Crippen LogP contribution in [0.15, 0.2) is 30.3 Å². The van der Waals surface area contributed by atoms with E-state index in [1.165, 1.54) is 10.4 Å². The second kappa shape index (κ2) is 5.13. The molecule has 0 radical (unpaired) electrons. The highest BCUT2D eigenvalue weighted by Crippen LogP contribution is 2.36. The maximum Gasteiger partial charge on any atom is 0.312 e. The van der Waals surface area contributed by atoms with Crippen LogP contribution in [0, 0.1) is 0 Å². The van der Waals surface area contributed by atoms with Gasteiger partial charge in [0.25, 0.3) is 0 Å². The van der Waals surface area contributed by atoms with Crippen molar-refractivity contribution in [3.05, 3.63) is 51.5 Å². The molecule has 98 valence electrons. The number of fused-ring (bicyclic) bond motifs is 1. The third-order valence-corrected chi connectivity index (χ3v) is 4.72. The number of rotatable bonds is 4. The first kappa shape index (κ1) is 12.4. The van der Waals surface area contributed by atoms with E-state index in [1.54, 1.807) is 11.3 Å². The van der Waals surface area contributed by atoms with Crippen molar-refractivity contribution in [2.75, 3.05) is 0 Å². The molecule has 0 spiro atoms. The third-order valence-electron chi connectivity index (χ3n) is 3.53. The molecule has 0 fully saturated rings. The van der Waals surface area contributed by atoms with Crippen LogP contribution in [0.2, 0.25) is 0 Å². The molecule has 0 bridgehead atoms. The van der Waals surface area contributed by atoms with Crippen LogP contribution in [-0.2, 0) is 24.1 Å². The Balaban J connectivity index is 1.71. The van der Waals surface area contributed by atoms with E-state index in [9.17, 15) is 4.79 Å². The number of hydrogen-bond donors (Lipinski definition) is 1. The summed E-state index contributed by atoms with van der Waals surface area (Å²) in [5.41, 5.74) is 2.12. The first-order chi connectivity index (χ1) is 9.24. The molecule has 1 aliphatic rings. The van der Waals surface area contributed by atoms with Crippen molar-refractivity contribution in [2.45, 2.75) is 31.6 Å². The van der Waals surface area contributed by atoms with Gasteiger partial charge in [-0.25, -0.2) is 4.98 Å². The molecule has 1 N–H and O–H groups in total. The normalized spacial score (nSPS) is 17.4. The molecule has 1 aliphatic carbocycles. The Labute approximate surface area is 115 Å². The molecule has 0 amide bonds. The standard InChI is InChI=1S/C15H15NO2S/c17-15(18)11-7-8-12-14(11)16-13(19-12)9-6-10-4-2-1-3-5-10/h1-5,11H,6-9H2,(H,17,18).